The van der Waals surface area contributed by atoms with Crippen molar-refractivity contribution in [3.05, 3.63) is 152 Å². The van der Waals surface area contributed by atoms with Crippen molar-refractivity contribution in [2.24, 2.45) is 0 Å². The van der Waals surface area contributed by atoms with Crippen LogP contribution in [0.25, 0.3) is 11.3 Å². The standard InChI is InChI=1S/C35H37F6NO4.C32H39BF6O4/c1-7-32(8-2,28-13-14-29(24(5)19-28)30-15-10-25(21-42-30)20-31(43)45-9-3)27-12-11-26(23(4)18-27)16-17-33(34(36,37)38,35(39,40)41)46-22-44-6;1-10-29(11-2,25-14-15-26(22(4)19-25)33-42-27(5,6)28(7,8)43-33)24-13-12-23(21(3)18-24)16-17-30(31(34,35)36,32(37,38)39)41-20-40-9/h10-15,18-19,21H,7-9,20,22H2,1-6H3;12-15,18-19H,10-11,20H2,1-9H3. The van der Waals surface area contributed by atoms with Crippen LogP contribution in [0.4, 0.5) is 52.7 Å². The molecule has 0 N–H and O–H groups in total. The molecule has 484 valence electrons. The van der Waals surface area contributed by atoms with E-state index in [1.807, 2.05) is 106 Å². The minimum Gasteiger partial charge on any atom is -0.466 e. The summed E-state index contributed by atoms with van der Waals surface area (Å²) < 4.78 is 199. The molecule has 6 rings (SSSR count). The van der Waals surface area contributed by atoms with E-state index < -0.39 is 78.6 Å². The van der Waals surface area contributed by atoms with Gasteiger partial charge in [0.05, 0.1) is 29.9 Å². The first-order valence-corrected chi connectivity index (χ1v) is 28.8. The number of aryl methyl sites for hydroxylation is 4. The highest BCUT2D eigenvalue weighted by Gasteiger charge is 2.73. The molecule has 1 aliphatic rings. The van der Waals surface area contributed by atoms with Crippen molar-refractivity contribution in [1.29, 1.82) is 0 Å². The molecule has 22 heteroatoms. The molecule has 5 aromatic rings. The van der Waals surface area contributed by atoms with Crippen LogP contribution in [0.15, 0.2) is 91.1 Å². The highest BCUT2D eigenvalue weighted by Crippen LogP contribution is 2.48. The average Bonchev–Trinajstić information content (AvgIpc) is 2.25. The van der Waals surface area contributed by atoms with Crippen LogP contribution < -0.4 is 5.46 Å². The van der Waals surface area contributed by atoms with Crippen molar-refractivity contribution in [1.82, 2.24) is 4.98 Å². The number of methoxy groups -OCH3 is 2. The maximum Gasteiger partial charge on any atom is 0.495 e. The van der Waals surface area contributed by atoms with Crippen molar-refractivity contribution in [2.45, 2.75) is 180 Å². The number of pyridine rings is 1. The molecule has 0 bridgehead atoms. The second kappa shape index (κ2) is 28.4. The first-order chi connectivity index (χ1) is 41.3. The van der Waals surface area contributed by atoms with Gasteiger partial charge in [-0.3, -0.25) is 9.78 Å². The van der Waals surface area contributed by atoms with Gasteiger partial charge in [-0.1, -0.05) is 112 Å². The lowest BCUT2D eigenvalue weighted by molar-refractivity contribution is -0.368. The van der Waals surface area contributed by atoms with Crippen molar-refractivity contribution < 1.29 is 90.5 Å². The summed E-state index contributed by atoms with van der Waals surface area (Å²) in [5.74, 6) is 6.54. The maximum absolute atomic E-state index is 13.7. The molecule has 1 fully saturated rings. The summed E-state index contributed by atoms with van der Waals surface area (Å²) in [5.41, 5.74) is -1.51. The monoisotopic (exact) mass is 1260 g/mol. The third kappa shape index (κ3) is 15.3. The summed E-state index contributed by atoms with van der Waals surface area (Å²) in [4.78, 5) is 16.3. The van der Waals surface area contributed by atoms with Crippen LogP contribution in [0, 0.1) is 51.4 Å². The number of carbonyl (C=O) groups excluding carboxylic acids is 1. The first-order valence-electron chi connectivity index (χ1n) is 28.8. The van der Waals surface area contributed by atoms with Gasteiger partial charge in [-0.15, -0.1) is 0 Å². The zero-order valence-electron chi connectivity index (χ0n) is 52.6. The fraction of sp³-hybridized carbons (Fsp3) is 0.493. The summed E-state index contributed by atoms with van der Waals surface area (Å²) >= 11 is 0. The molecular formula is C67H76BF12NO8. The van der Waals surface area contributed by atoms with Gasteiger partial charge in [-0.25, -0.2) is 0 Å². The molecule has 9 nitrogen and oxygen atoms in total. The van der Waals surface area contributed by atoms with E-state index in [1.165, 1.54) is 24.0 Å². The van der Waals surface area contributed by atoms with E-state index in [4.69, 9.17) is 14.0 Å². The quantitative estimate of drug-likeness (QED) is 0.0263. The molecule has 1 aliphatic heterocycles. The molecule has 1 aromatic heterocycles. The van der Waals surface area contributed by atoms with Gasteiger partial charge >= 0.3 is 49.0 Å². The zero-order valence-corrected chi connectivity index (χ0v) is 52.6. The number of aromatic nitrogens is 1. The highest BCUT2D eigenvalue weighted by molar-refractivity contribution is 6.62. The number of esters is 1. The molecule has 4 aromatic carbocycles. The van der Waals surface area contributed by atoms with Crippen LogP contribution in [0.1, 0.15) is 149 Å². The predicted octanol–water partition coefficient (Wildman–Crippen LogP) is 16.0. The summed E-state index contributed by atoms with van der Waals surface area (Å²) in [5, 5.41) is 0. The third-order valence-corrected chi connectivity index (χ3v) is 17.0. The topological polar surface area (TPSA) is 94.6 Å². The van der Waals surface area contributed by atoms with Gasteiger partial charge in [-0.05, 0) is 168 Å². The number of ether oxygens (including phenoxy) is 5. The summed E-state index contributed by atoms with van der Waals surface area (Å²) in [6.07, 6.45) is -18.9. The van der Waals surface area contributed by atoms with E-state index in [0.29, 0.717) is 43.4 Å². The van der Waals surface area contributed by atoms with Crippen LogP contribution >= 0.6 is 0 Å². The summed E-state index contributed by atoms with van der Waals surface area (Å²) in [6, 6.07) is 25.6. The second-order valence-electron chi connectivity index (χ2n) is 22.8. The first kappa shape index (κ1) is 73.3. The Morgan fingerprint density at radius 3 is 1.24 bits per heavy atom. The Labute approximate surface area is 514 Å². The Hall–Kier alpha value is -6.40. The Kier molecular flexibility index (Phi) is 23.4. The average molecular weight is 1260 g/mol. The third-order valence-electron chi connectivity index (χ3n) is 17.0. The smallest absolute Gasteiger partial charge is 0.466 e. The number of nitrogens with zero attached hydrogens (tertiary/aromatic N) is 1. The molecule has 0 spiro atoms. The van der Waals surface area contributed by atoms with E-state index in [-0.39, 0.29) is 23.5 Å². The van der Waals surface area contributed by atoms with Crippen LogP contribution in [-0.4, -0.2) is 99.6 Å². The van der Waals surface area contributed by atoms with Gasteiger partial charge in [0, 0.05) is 47.9 Å². The van der Waals surface area contributed by atoms with Crippen molar-refractivity contribution in [2.75, 3.05) is 34.4 Å². The van der Waals surface area contributed by atoms with Crippen LogP contribution in [-0.2, 0) is 55.0 Å². The van der Waals surface area contributed by atoms with Crippen LogP contribution in [0.3, 0.4) is 0 Å². The molecule has 0 unspecified atom stereocenters. The van der Waals surface area contributed by atoms with E-state index in [9.17, 15) is 57.5 Å². The molecule has 0 saturated carbocycles. The van der Waals surface area contributed by atoms with Gasteiger partial charge in [0.1, 0.15) is 13.6 Å². The van der Waals surface area contributed by atoms with Gasteiger partial charge < -0.3 is 33.0 Å². The van der Waals surface area contributed by atoms with E-state index in [2.05, 4.69) is 47.9 Å². The van der Waals surface area contributed by atoms with Crippen LogP contribution in [0.2, 0.25) is 0 Å². The number of alkyl halides is 12. The fourth-order valence-electron chi connectivity index (χ4n) is 10.8. The van der Waals surface area contributed by atoms with Crippen molar-refractivity contribution in [3.63, 3.8) is 0 Å². The molecule has 2 heterocycles. The SMILES string of the molecule is CCC(CC)(c1ccc(C#CC(OCOC)(C(F)(F)F)C(F)(F)F)c(C)c1)c1ccc(B2OC(C)(C)C(C)(C)O2)c(C)c1.CCOC(=O)Cc1ccc(-c2ccc(C(CC)(CC)c3ccc(C#CC(OCOC)(C(F)(F)F)C(F)(F)F)c(C)c3)cc2C)nc1. The Bertz CT molecular complexity index is 3330. The van der Waals surface area contributed by atoms with E-state index >= 15 is 0 Å². The molecule has 0 radical (unpaired) electrons. The minimum atomic E-state index is -5.87. The Morgan fingerprint density at radius 2 is 0.910 bits per heavy atom. The fourth-order valence-corrected chi connectivity index (χ4v) is 10.8. The number of benzene rings is 4. The lowest BCUT2D eigenvalue weighted by Crippen LogP contribution is -2.58. The van der Waals surface area contributed by atoms with Crippen molar-refractivity contribution in [3.8, 4) is 34.9 Å². The minimum absolute atomic E-state index is 0.00718. The maximum atomic E-state index is 13.7. The number of carbonyl (C=O) groups is 1. The number of rotatable bonds is 19. The van der Waals surface area contributed by atoms with E-state index in [1.54, 1.807) is 51.2 Å². The van der Waals surface area contributed by atoms with E-state index in [0.717, 1.165) is 69.9 Å². The van der Waals surface area contributed by atoms with Gasteiger partial charge in [0.25, 0.3) is 0 Å². The summed E-state index contributed by atoms with van der Waals surface area (Å²) in [7, 11) is 1.32. The molecule has 0 atom stereocenters. The highest BCUT2D eigenvalue weighted by atomic mass is 19.4. The number of hydrogen-bond donors (Lipinski definition) is 0. The zero-order chi connectivity index (χ0) is 67.0. The van der Waals surface area contributed by atoms with Gasteiger partial charge in [-0.2, -0.15) is 52.7 Å². The second-order valence-corrected chi connectivity index (χ2v) is 22.8. The Morgan fingerprint density at radius 1 is 0.528 bits per heavy atom. The molecule has 89 heavy (non-hydrogen) atoms. The molecule has 1 saturated heterocycles. The Balaban J connectivity index is 0.000000325. The van der Waals surface area contributed by atoms with Gasteiger partial charge in [0.15, 0.2) is 0 Å². The largest absolute Gasteiger partial charge is 0.495 e. The molecule has 0 aliphatic carbocycles. The van der Waals surface area contributed by atoms with Crippen molar-refractivity contribution >= 4 is 18.6 Å². The summed E-state index contributed by atoms with van der Waals surface area (Å²) in [6.45, 7) is 22.8. The van der Waals surface area contributed by atoms with Gasteiger partial charge in [0.2, 0.25) is 0 Å². The van der Waals surface area contributed by atoms with Crippen LogP contribution in [0.5, 0.6) is 0 Å². The predicted molar refractivity (Wildman–Crippen MR) is 316 cm³/mol. The lowest BCUT2D eigenvalue weighted by Gasteiger charge is -2.34. The number of halogens is 12. The normalized spacial score (nSPS) is 14.7. The number of hydrogen-bond acceptors (Lipinski definition) is 9. The lowest BCUT2D eigenvalue weighted by atomic mass is 9.68. The molecule has 0 amide bonds. The molecular weight excluding hydrogens is 1190 g/mol.